The minimum atomic E-state index is -4.52. The van der Waals surface area contributed by atoms with E-state index in [0.29, 0.717) is 5.92 Å². The monoisotopic (exact) mass is 295 g/mol. The van der Waals surface area contributed by atoms with Crippen LogP contribution in [0.5, 0.6) is 0 Å². The molecule has 1 aromatic rings. The van der Waals surface area contributed by atoms with Crippen molar-refractivity contribution in [1.29, 1.82) is 0 Å². The van der Waals surface area contributed by atoms with Gasteiger partial charge in [-0.05, 0) is 37.3 Å². The first-order valence-electron chi connectivity index (χ1n) is 6.06. The lowest BCUT2D eigenvalue weighted by atomic mass is 10.0. The number of aromatic nitrogens is 2. The van der Waals surface area contributed by atoms with Crippen LogP contribution in [0.15, 0.2) is 6.07 Å². The summed E-state index contributed by atoms with van der Waals surface area (Å²) in [5.41, 5.74) is -1.04. The fraction of sp³-hybridized carbons (Fsp3) is 0.667. The molecule has 0 aliphatic rings. The minimum Gasteiger partial charge on any atom is -0.367 e. The van der Waals surface area contributed by atoms with Gasteiger partial charge in [0, 0.05) is 12.1 Å². The van der Waals surface area contributed by atoms with Crippen molar-refractivity contribution in [1.82, 2.24) is 9.97 Å². The summed E-state index contributed by atoms with van der Waals surface area (Å²) in [5.74, 6) is 0.646. The number of hydrogen-bond donors (Lipinski definition) is 1. The molecule has 1 N–H and O–H groups in total. The summed E-state index contributed by atoms with van der Waals surface area (Å²) in [6.45, 7) is 6.08. The van der Waals surface area contributed by atoms with Crippen LogP contribution in [0.25, 0.3) is 0 Å². The largest absolute Gasteiger partial charge is 0.433 e. The van der Waals surface area contributed by atoms with E-state index in [4.69, 9.17) is 11.6 Å². The van der Waals surface area contributed by atoms with E-state index in [0.717, 1.165) is 18.9 Å². The van der Waals surface area contributed by atoms with Crippen molar-refractivity contribution in [3.05, 3.63) is 17.0 Å². The molecule has 7 heteroatoms. The van der Waals surface area contributed by atoms with E-state index in [9.17, 15) is 13.2 Å². The summed E-state index contributed by atoms with van der Waals surface area (Å²) in [6, 6.07) is 0.895. The third-order valence-corrected chi connectivity index (χ3v) is 2.73. The standard InChI is InChI=1S/C12H17ClF3N3/c1-7(2)4-5-8(3)17-10-6-9(12(14,15)16)18-11(13)19-10/h6-8H,4-5H2,1-3H3,(H,17,18,19). The van der Waals surface area contributed by atoms with Crippen molar-refractivity contribution >= 4 is 17.4 Å². The normalized spacial score (nSPS) is 13.7. The van der Waals surface area contributed by atoms with E-state index < -0.39 is 17.2 Å². The third kappa shape index (κ3) is 5.63. The van der Waals surface area contributed by atoms with Crippen LogP contribution in [-0.4, -0.2) is 16.0 Å². The molecule has 19 heavy (non-hydrogen) atoms. The van der Waals surface area contributed by atoms with Gasteiger partial charge >= 0.3 is 6.18 Å². The molecule has 0 saturated carbocycles. The number of rotatable bonds is 5. The second-order valence-corrected chi connectivity index (χ2v) is 5.26. The Bertz CT molecular complexity index is 421. The lowest BCUT2D eigenvalue weighted by Crippen LogP contribution is -2.18. The average Bonchev–Trinajstić information content (AvgIpc) is 2.24. The molecular formula is C12H17ClF3N3. The van der Waals surface area contributed by atoms with Crippen LogP contribution in [0.3, 0.4) is 0 Å². The van der Waals surface area contributed by atoms with E-state index >= 15 is 0 Å². The minimum absolute atomic E-state index is 0.0226. The third-order valence-electron chi connectivity index (χ3n) is 2.56. The molecule has 1 rings (SSSR count). The van der Waals surface area contributed by atoms with Crippen molar-refractivity contribution in [2.45, 2.75) is 45.8 Å². The zero-order valence-corrected chi connectivity index (χ0v) is 11.8. The Kier molecular flexibility index (Phi) is 5.40. The van der Waals surface area contributed by atoms with Crippen molar-refractivity contribution in [2.24, 2.45) is 5.92 Å². The molecule has 0 saturated heterocycles. The van der Waals surface area contributed by atoms with Gasteiger partial charge in [-0.2, -0.15) is 13.2 Å². The second kappa shape index (κ2) is 6.41. The van der Waals surface area contributed by atoms with Crippen molar-refractivity contribution in [2.75, 3.05) is 5.32 Å². The van der Waals surface area contributed by atoms with E-state index in [1.165, 1.54) is 0 Å². The van der Waals surface area contributed by atoms with Crippen LogP contribution in [0.2, 0.25) is 5.28 Å². The molecule has 0 aliphatic carbocycles. The summed E-state index contributed by atoms with van der Waals surface area (Å²) in [6.07, 6.45) is -2.69. The Labute approximate surface area is 115 Å². The highest BCUT2D eigenvalue weighted by molar-refractivity contribution is 6.28. The summed E-state index contributed by atoms with van der Waals surface area (Å²) in [5, 5.41) is 2.51. The zero-order valence-electron chi connectivity index (χ0n) is 11.1. The highest BCUT2D eigenvalue weighted by Gasteiger charge is 2.33. The smallest absolute Gasteiger partial charge is 0.367 e. The van der Waals surface area contributed by atoms with Gasteiger partial charge in [-0.1, -0.05) is 13.8 Å². The first-order valence-corrected chi connectivity index (χ1v) is 6.44. The Morgan fingerprint density at radius 3 is 2.37 bits per heavy atom. The number of nitrogens with zero attached hydrogens (tertiary/aromatic N) is 2. The molecule has 0 bridgehead atoms. The van der Waals surface area contributed by atoms with E-state index in [1.54, 1.807) is 0 Å². The average molecular weight is 296 g/mol. The van der Waals surface area contributed by atoms with Crippen LogP contribution in [0, 0.1) is 5.92 Å². The molecule has 3 nitrogen and oxygen atoms in total. The van der Waals surface area contributed by atoms with Gasteiger partial charge in [-0.3, -0.25) is 0 Å². The van der Waals surface area contributed by atoms with Gasteiger partial charge in [0.25, 0.3) is 0 Å². The summed E-state index contributed by atoms with van der Waals surface area (Å²) >= 11 is 5.50. The van der Waals surface area contributed by atoms with Crippen LogP contribution in [-0.2, 0) is 6.18 Å². The van der Waals surface area contributed by atoms with Gasteiger partial charge in [0.1, 0.15) is 5.82 Å². The van der Waals surface area contributed by atoms with Gasteiger partial charge < -0.3 is 5.32 Å². The topological polar surface area (TPSA) is 37.8 Å². The maximum absolute atomic E-state index is 12.6. The number of halogens is 4. The van der Waals surface area contributed by atoms with Crippen molar-refractivity contribution in [3.8, 4) is 0 Å². The van der Waals surface area contributed by atoms with Crippen LogP contribution in [0.4, 0.5) is 19.0 Å². The Morgan fingerprint density at radius 1 is 1.21 bits per heavy atom. The van der Waals surface area contributed by atoms with Crippen LogP contribution < -0.4 is 5.32 Å². The number of hydrogen-bond acceptors (Lipinski definition) is 3. The van der Waals surface area contributed by atoms with E-state index in [1.807, 2.05) is 6.92 Å². The molecule has 1 unspecified atom stereocenters. The maximum Gasteiger partial charge on any atom is 0.433 e. The fourth-order valence-corrected chi connectivity index (χ4v) is 1.73. The summed E-state index contributed by atoms with van der Waals surface area (Å²) in [4.78, 5) is 6.93. The summed E-state index contributed by atoms with van der Waals surface area (Å²) < 4.78 is 37.7. The highest BCUT2D eigenvalue weighted by atomic mass is 35.5. The first kappa shape index (κ1) is 16.0. The highest BCUT2D eigenvalue weighted by Crippen LogP contribution is 2.29. The number of nitrogens with one attached hydrogen (secondary N) is 1. The van der Waals surface area contributed by atoms with Gasteiger partial charge in [0.2, 0.25) is 5.28 Å². The number of anilines is 1. The molecule has 108 valence electrons. The number of alkyl halides is 3. The van der Waals surface area contributed by atoms with E-state index in [2.05, 4.69) is 29.1 Å². The lowest BCUT2D eigenvalue weighted by molar-refractivity contribution is -0.141. The van der Waals surface area contributed by atoms with Crippen molar-refractivity contribution in [3.63, 3.8) is 0 Å². The summed E-state index contributed by atoms with van der Waals surface area (Å²) in [7, 11) is 0. The molecule has 1 atom stereocenters. The van der Waals surface area contributed by atoms with Crippen LogP contribution >= 0.6 is 11.6 Å². The zero-order chi connectivity index (χ0) is 14.6. The first-order chi connectivity index (χ1) is 8.68. The predicted octanol–water partition coefficient (Wildman–Crippen LogP) is 4.39. The molecule has 0 amide bonds. The molecular weight excluding hydrogens is 279 g/mol. The molecule has 1 heterocycles. The Hall–Kier alpha value is -1.04. The molecule has 0 spiro atoms. The van der Waals surface area contributed by atoms with Gasteiger partial charge in [-0.15, -0.1) is 0 Å². The lowest BCUT2D eigenvalue weighted by Gasteiger charge is -2.16. The Balaban J connectivity index is 2.76. The van der Waals surface area contributed by atoms with Crippen molar-refractivity contribution < 1.29 is 13.2 Å². The maximum atomic E-state index is 12.6. The van der Waals surface area contributed by atoms with E-state index in [-0.39, 0.29) is 11.9 Å². The Morgan fingerprint density at radius 2 is 1.84 bits per heavy atom. The predicted molar refractivity (Wildman–Crippen MR) is 69.2 cm³/mol. The molecule has 1 aromatic heterocycles. The van der Waals surface area contributed by atoms with Crippen LogP contribution in [0.1, 0.15) is 39.3 Å². The quantitative estimate of drug-likeness (QED) is 0.819. The van der Waals surface area contributed by atoms with Gasteiger partial charge in [0.15, 0.2) is 5.69 Å². The molecule has 0 radical (unpaired) electrons. The second-order valence-electron chi connectivity index (χ2n) is 4.92. The van der Waals surface area contributed by atoms with Gasteiger partial charge in [-0.25, -0.2) is 9.97 Å². The molecule has 0 aromatic carbocycles. The fourth-order valence-electron chi connectivity index (χ4n) is 1.54. The SMILES string of the molecule is CC(C)CCC(C)Nc1cc(C(F)(F)F)nc(Cl)n1. The van der Waals surface area contributed by atoms with Gasteiger partial charge in [0.05, 0.1) is 0 Å². The molecule has 0 fully saturated rings. The molecule has 0 aliphatic heterocycles.